The molecule has 9 heteroatoms. The Balaban J connectivity index is 1.35. The van der Waals surface area contributed by atoms with Gasteiger partial charge in [0.15, 0.2) is 5.65 Å². The maximum atomic E-state index is 12.5. The van der Waals surface area contributed by atoms with Crippen molar-refractivity contribution in [1.82, 2.24) is 24.7 Å². The summed E-state index contributed by atoms with van der Waals surface area (Å²) in [6, 6.07) is 7.25. The van der Waals surface area contributed by atoms with E-state index in [-0.39, 0.29) is 17.6 Å². The number of fused-ring (bicyclic) bond motifs is 1. The monoisotopic (exact) mass is 435 g/mol. The molecule has 2 N–H and O–H groups in total. The van der Waals surface area contributed by atoms with Crippen molar-refractivity contribution in [1.29, 1.82) is 0 Å². The normalized spacial score (nSPS) is 23.9. The molecule has 0 amide bonds. The first-order valence-electron chi connectivity index (χ1n) is 11.6. The molecule has 1 saturated carbocycles. The second kappa shape index (κ2) is 9.20. The molecule has 3 unspecified atom stereocenters. The molecule has 2 aliphatic rings. The highest BCUT2D eigenvalue weighted by Crippen LogP contribution is 2.28. The zero-order chi connectivity index (χ0) is 21.9. The van der Waals surface area contributed by atoms with E-state index in [1.54, 1.807) is 18.5 Å². The number of pyridine rings is 1. The quantitative estimate of drug-likeness (QED) is 0.629. The zero-order valence-electron chi connectivity index (χ0n) is 18.1. The van der Waals surface area contributed by atoms with Crippen LogP contribution in [0.4, 0.5) is 11.6 Å². The van der Waals surface area contributed by atoms with Crippen LogP contribution in [0.3, 0.4) is 0 Å². The summed E-state index contributed by atoms with van der Waals surface area (Å²) in [5, 5.41) is 18.6. The lowest BCUT2D eigenvalue weighted by atomic mass is 9.93. The first-order chi connectivity index (χ1) is 15.7. The topological polar surface area (TPSA) is 109 Å². The lowest BCUT2D eigenvalue weighted by Gasteiger charge is -2.37. The van der Waals surface area contributed by atoms with Gasteiger partial charge >= 0.3 is 0 Å². The van der Waals surface area contributed by atoms with E-state index in [9.17, 15) is 9.90 Å². The lowest BCUT2D eigenvalue weighted by molar-refractivity contribution is 0.0669. The van der Waals surface area contributed by atoms with Gasteiger partial charge in [-0.25, -0.2) is 14.6 Å². The number of hydrogen-bond donors (Lipinski definition) is 2. The van der Waals surface area contributed by atoms with Crippen LogP contribution in [0.15, 0.2) is 41.5 Å². The molecule has 1 aliphatic heterocycles. The van der Waals surface area contributed by atoms with E-state index in [1.165, 1.54) is 4.68 Å². The fourth-order valence-corrected chi connectivity index (χ4v) is 4.87. The van der Waals surface area contributed by atoms with Crippen LogP contribution in [0.2, 0.25) is 0 Å². The third-order valence-corrected chi connectivity index (χ3v) is 6.59. The van der Waals surface area contributed by atoms with Gasteiger partial charge in [-0.05, 0) is 50.3 Å². The van der Waals surface area contributed by atoms with Gasteiger partial charge in [0.05, 0.1) is 12.1 Å². The van der Waals surface area contributed by atoms with Gasteiger partial charge in [0.1, 0.15) is 17.2 Å². The Labute approximate surface area is 186 Å². The lowest BCUT2D eigenvalue weighted by Crippen LogP contribution is -2.45. The van der Waals surface area contributed by atoms with Crippen molar-refractivity contribution in [3.63, 3.8) is 0 Å². The van der Waals surface area contributed by atoms with E-state index in [0.29, 0.717) is 12.2 Å². The summed E-state index contributed by atoms with van der Waals surface area (Å²) in [6.45, 7) is 1.60. The van der Waals surface area contributed by atoms with Crippen molar-refractivity contribution in [2.75, 3.05) is 23.3 Å². The summed E-state index contributed by atoms with van der Waals surface area (Å²) in [7, 11) is 0. The van der Waals surface area contributed by atoms with Crippen LogP contribution in [0, 0.1) is 0 Å². The van der Waals surface area contributed by atoms with Crippen molar-refractivity contribution in [3.8, 4) is 0 Å². The molecular formula is C23H29N7O2. The Morgan fingerprint density at radius 1 is 1.00 bits per heavy atom. The van der Waals surface area contributed by atoms with E-state index in [4.69, 9.17) is 5.10 Å². The summed E-state index contributed by atoms with van der Waals surface area (Å²) in [5.41, 5.74) is 1.25. The van der Waals surface area contributed by atoms with Crippen LogP contribution in [0.5, 0.6) is 0 Å². The summed E-state index contributed by atoms with van der Waals surface area (Å²) in [6.07, 6.45) is 9.61. The SMILES string of the molecule is O=c1ccc(N2CCCCC2CNc2ccc3nccnc3n2)nn1C1CCCCC1O. The summed E-state index contributed by atoms with van der Waals surface area (Å²) in [4.78, 5) is 27.9. The third-order valence-electron chi connectivity index (χ3n) is 6.59. The second-order valence-corrected chi connectivity index (χ2v) is 8.71. The molecule has 32 heavy (non-hydrogen) atoms. The molecular weight excluding hydrogens is 406 g/mol. The standard InChI is InChI=1S/C23H29N7O2/c31-19-7-2-1-6-18(19)30-22(32)11-10-21(28-30)29-14-4-3-5-16(29)15-26-20-9-8-17-23(27-20)25-13-12-24-17/h8-13,16,18-19,31H,1-7,14-15H2,(H,25,26,27). The molecule has 3 aromatic rings. The van der Waals surface area contributed by atoms with Gasteiger partial charge in [-0.2, -0.15) is 5.10 Å². The number of nitrogens with zero attached hydrogens (tertiary/aromatic N) is 6. The zero-order valence-corrected chi connectivity index (χ0v) is 18.1. The average Bonchev–Trinajstić information content (AvgIpc) is 2.84. The molecule has 2 fully saturated rings. The number of aliphatic hydroxyl groups excluding tert-OH is 1. The average molecular weight is 436 g/mol. The largest absolute Gasteiger partial charge is 0.391 e. The fraction of sp³-hybridized carbons (Fsp3) is 0.522. The van der Waals surface area contributed by atoms with Crippen LogP contribution in [0.25, 0.3) is 11.2 Å². The molecule has 0 bridgehead atoms. The molecule has 0 radical (unpaired) electrons. The van der Waals surface area contributed by atoms with E-state index >= 15 is 0 Å². The first kappa shape index (κ1) is 20.8. The third kappa shape index (κ3) is 4.29. The van der Waals surface area contributed by atoms with Gasteiger partial charge in [0, 0.05) is 37.6 Å². The highest BCUT2D eigenvalue weighted by atomic mass is 16.3. The van der Waals surface area contributed by atoms with Gasteiger partial charge in [-0.15, -0.1) is 0 Å². The number of rotatable bonds is 5. The number of nitrogens with one attached hydrogen (secondary N) is 1. The molecule has 9 nitrogen and oxygen atoms in total. The smallest absolute Gasteiger partial charge is 0.267 e. The van der Waals surface area contributed by atoms with Crippen LogP contribution in [-0.2, 0) is 0 Å². The maximum absolute atomic E-state index is 12.5. The summed E-state index contributed by atoms with van der Waals surface area (Å²) in [5.74, 6) is 1.57. The van der Waals surface area contributed by atoms with Crippen LogP contribution in [-0.4, -0.2) is 55.1 Å². The van der Waals surface area contributed by atoms with Gasteiger partial charge in [-0.3, -0.25) is 9.78 Å². The molecule has 0 spiro atoms. The van der Waals surface area contributed by atoms with Crippen LogP contribution in [0.1, 0.15) is 51.0 Å². The van der Waals surface area contributed by atoms with Crippen molar-refractivity contribution >= 4 is 22.8 Å². The number of hydrogen-bond acceptors (Lipinski definition) is 8. The Morgan fingerprint density at radius 2 is 1.84 bits per heavy atom. The van der Waals surface area contributed by atoms with Crippen LogP contribution < -0.4 is 15.8 Å². The highest BCUT2D eigenvalue weighted by Gasteiger charge is 2.28. The second-order valence-electron chi connectivity index (χ2n) is 8.71. The summed E-state index contributed by atoms with van der Waals surface area (Å²) < 4.78 is 1.52. The molecule has 3 atom stereocenters. The van der Waals surface area contributed by atoms with E-state index in [0.717, 1.165) is 68.6 Å². The Hall–Kier alpha value is -3.07. The van der Waals surface area contributed by atoms with Gasteiger partial charge in [0.2, 0.25) is 0 Å². The minimum Gasteiger partial charge on any atom is -0.391 e. The predicted molar refractivity (Wildman–Crippen MR) is 123 cm³/mol. The molecule has 0 aromatic carbocycles. The molecule has 5 rings (SSSR count). The number of aromatic nitrogens is 5. The maximum Gasteiger partial charge on any atom is 0.267 e. The predicted octanol–water partition coefficient (Wildman–Crippen LogP) is 2.53. The van der Waals surface area contributed by atoms with Gasteiger partial charge in [-0.1, -0.05) is 12.8 Å². The van der Waals surface area contributed by atoms with E-state index in [2.05, 4.69) is 25.2 Å². The Morgan fingerprint density at radius 3 is 2.75 bits per heavy atom. The molecule has 168 valence electrons. The molecule has 3 aromatic heterocycles. The Bertz CT molecular complexity index is 1130. The summed E-state index contributed by atoms with van der Waals surface area (Å²) >= 11 is 0. The van der Waals surface area contributed by atoms with E-state index < -0.39 is 6.10 Å². The highest BCUT2D eigenvalue weighted by molar-refractivity contribution is 5.71. The van der Waals surface area contributed by atoms with Crippen molar-refractivity contribution in [2.45, 2.75) is 63.1 Å². The number of anilines is 2. The van der Waals surface area contributed by atoms with Gasteiger partial charge < -0.3 is 15.3 Å². The van der Waals surface area contributed by atoms with E-state index in [1.807, 2.05) is 18.2 Å². The van der Waals surface area contributed by atoms with Crippen molar-refractivity contribution in [2.24, 2.45) is 0 Å². The molecule has 4 heterocycles. The molecule has 1 aliphatic carbocycles. The minimum atomic E-state index is -0.509. The van der Waals surface area contributed by atoms with Crippen LogP contribution >= 0.6 is 0 Å². The first-order valence-corrected chi connectivity index (χ1v) is 11.6. The fourth-order valence-electron chi connectivity index (χ4n) is 4.87. The minimum absolute atomic E-state index is 0.146. The molecule has 1 saturated heterocycles. The van der Waals surface area contributed by atoms with Crippen molar-refractivity contribution in [3.05, 3.63) is 47.0 Å². The Kier molecular flexibility index (Phi) is 5.98. The van der Waals surface area contributed by atoms with Crippen molar-refractivity contribution < 1.29 is 5.11 Å². The number of aliphatic hydroxyl groups is 1. The van der Waals surface area contributed by atoms with Gasteiger partial charge in [0.25, 0.3) is 5.56 Å². The number of piperidine rings is 1.